The molecule has 0 fully saturated rings. The van der Waals surface area contributed by atoms with Crippen LogP contribution in [0.1, 0.15) is 6.92 Å². The first-order valence-electron chi connectivity index (χ1n) is 4.68. The second-order valence-electron chi connectivity index (χ2n) is 2.74. The number of anilines is 1. The summed E-state index contributed by atoms with van der Waals surface area (Å²) in [6.07, 6.45) is 1.75. The van der Waals surface area contributed by atoms with E-state index in [4.69, 9.17) is 9.47 Å². The van der Waals surface area contributed by atoms with Gasteiger partial charge >= 0.3 is 0 Å². The highest BCUT2D eigenvalue weighted by molar-refractivity contribution is 5.41. The van der Waals surface area contributed by atoms with Crippen LogP contribution < -0.4 is 10.1 Å². The Morgan fingerprint density at radius 2 is 2.29 bits per heavy atom. The van der Waals surface area contributed by atoms with E-state index in [2.05, 4.69) is 10.3 Å². The number of aromatic nitrogens is 1. The number of nitrogens with one attached hydrogen (secondary N) is 1. The van der Waals surface area contributed by atoms with Crippen molar-refractivity contribution in [3.63, 3.8) is 0 Å². The van der Waals surface area contributed by atoms with Gasteiger partial charge in [-0.25, -0.2) is 4.98 Å². The summed E-state index contributed by atoms with van der Waals surface area (Å²) in [5.41, 5.74) is 0.977. The van der Waals surface area contributed by atoms with Gasteiger partial charge in [0.15, 0.2) is 0 Å². The van der Waals surface area contributed by atoms with Gasteiger partial charge in [-0.15, -0.1) is 0 Å². The lowest BCUT2D eigenvalue weighted by molar-refractivity contribution is 0.211. The van der Waals surface area contributed by atoms with Gasteiger partial charge in [-0.05, 0) is 13.0 Å². The number of pyridine rings is 1. The molecule has 1 heterocycles. The summed E-state index contributed by atoms with van der Waals surface area (Å²) in [5.74, 6) is 0.657. The Morgan fingerprint density at radius 3 is 2.86 bits per heavy atom. The van der Waals surface area contributed by atoms with Crippen LogP contribution in [0.2, 0.25) is 0 Å². The van der Waals surface area contributed by atoms with E-state index in [1.165, 1.54) is 0 Å². The largest absolute Gasteiger partial charge is 0.478 e. The molecule has 1 N–H and O–H groups in total. The molecule has 0 amide bonds. The Hall–Kier alpha value is -1.29. The van der Waals surface area contributed by atoms with Crippen LogP contribution in [0, 0.1) is 0 Å². The zero-order valence-electron chi connectivity index (χ0n) is 8.62. The molecule has 0 spiro atoms. The first-order chi connectivity index (χ1) is 6.86. The van der Waals surface area contributed by atoms with Crippen molar-refractivity contribution in [3.8, 4) is 5.88 Å². The molecule has 0 aliphatic rings. The molecule has 4 nitrogen and oxygen atoms in total. The van der Waals surface area contributed by atoms with Gasteiger partial charge in [0.1, 0.15) is 0 Å². The molecule has 0 aromatic carbocycles. The van der Waals surface area contributed by atoms with Crippen molar-refractivity contribution in [2.24, 2.45) is 0 Å². The second-order valence-corrected chi connectivity index (χ2v) is 2.74. The highest BCUT2D eigenvalue weighted by atomic mass is 16.5. The molecule has 1 aromatic rings. The summed E-state index contributed by atoms with van der Waals surface area (Å²) in [7, 11) is 1.68. The molecule has 0 bridgehead atoms. The van der Waals surface area contributed by atoms with Crippen LogP contribution in [0.3, 0.4) is 0 Å². The van der Waals surface area contributed by atoms with Crippen LogP contribution in [-0.4, -0.2) is 31.9 Å². The van der Waals surface area contributed by atoms with Gasteiger partial charge in [-0.2, -0.15) is 0 Å². The van der Waals surface area contributed by atoms with Crippen molar-refractivity contribution in [1.29, 1.82) is 0 Å². The highest BCUT2D eigenvalue weighted by Crippen LogP contribution is 2.10. The number of rotatable bonds is 6. The van der Waals surface area contributed by atoms with Crippen LogP contribution in [0.25, 0.3) is 0 Å². The number of ether oxygens (including phenoxy) is 2. The molecule has 0 atom stereocenters. The molecule has 0 aliphatic heterocycles. The number of hydrogen-bond donors (Lipinski definition) is 1. The van der Waals surface area contributed by atoms with Crippen LogP contribution in [0.15, 0.2) is 18.3 Å². The minimum absolute atomic E-state index is 0.642. The van der Waals surface area contributed by atoms with Gasteiger partial charge in [0.05, 0.1) is 25.1 Å². The zero-order chi connectivity index (χ0) is 10.2. The van der Waals surface area contributed by atoms with Crippen molar-refractivity contribution in [1.82, 2.24) is 4.98 Å². The third kappa shape index (κ3) is 3.62. The van der Waals surface area contributed by atoms with Crippen molar-refractivity contribution < 1.29 is 9.47 Å². The van der Waals surface area contributed by atoms with E-state index >= 15 is 0 Å². The number of hydrogen-bond acceptors (Lipinski definition) is 4. The quantitative estimate of drug-likeness (QED) is 0.701. The Labute approximate surface area is 84.3 Å². The van der Waals surface area contributed by atoms with Gasteiger partial charge in [-0.1, -0.05) is 0 Å². The maximum atomic E-state index is 5.22. The molecule has 1 rings (SSSR count). The maximum absolute atomic E-state index is 5.22. The van der Waals surface area contributed by atoms with Crippen LogP contribution in [-0.2, 0) is 4.74 Å². The molecule has 0 unspecified atom stereocenters. The minimum atomic E-state index is 0.642. The summed E-state index contributed by atoms with van der Waals surface area (Å²) < 4.78 is 10.1. The molecule has 14 heavy (non-hydrogen) atoms. The highest BCUT2D eigenvalue weighted by Gasteiger charge is 1.94. The lowest BCUT2D eigenvalue weighted by Gasteiger charge is -2.06. The van der Waals surface area contributed by atoms with Gasteiger partial charge in [0.25, 0.3) is 0 Å². The number of methoxy groups -OCH3 is 1. The molecule has 1 aromatic heterocycles. The van der Waals surface area contributed by atoms with Gasteiger partial charge < -0.3 is 14.8 Å². The molecular formula is C10H16N2O2. The predicted octanol–water partition coefficient (Wildman–Crippen LogP) is 1.54. The molecule has 0 aliphatic carbocycles. The fraction of sp³-hybridized carbons (Fsp3) is 0.500. The van der Waals surface area contributed by atoms with Crippen LogP contribution in [0.4, 0.5) is 5.69 Å². The van der Waals surface area contributed by atoms with Crippen molar-refractivity contribution >= 4 is 5.69 Å². The summed E-state index contributed by atoms with van der Waals surface area (Å²) in [5, 5.41) is 3.17. The van der Waals surface area contributed by atoms with E-state index in [0.717, 1.165) is 12.2 Å². The fourth-order valence-corrected chi connectivity index (χ4v) is 1.02. The van der Waals surface area contributed by atoms with Crippen molar-refractivity contribution in [2.75, 3.05) is 32.2 Å². The Morgan fingerprint density at radius 1 is 1.43 bits per heavy atom. The van der Waals surface area contributed by atoms with E-state index in [1.54, 1.807) is 13.3 Å². The summed E-state index contributed by atoms with van der Waals surface area (Å²) >= 11 is 0. The van der Waals surface area contributed by atoms with E-state index in [0.29, 0.717) is 19.1 Å². The molecule has 78 valence electrons. The third-order valence-corrected chi connectivity index (χ3v) is 1.66. The van der Waals surface area contributed by atoms with Gasteiger partial charge in [0, 0.05) is 19.7 Å². The van der Waals surface area contributed by atoms with Gasteiger partial charge in [-0.3, -0.25) is 0 Å². The van der Waals surface area contributed by atoms with Crippen molar-refractivity contribution in [2.45, 2.75) is 6.92 Å². The van der Waals surface area contributed by atoms with E-state index in [1.807, 2.05) is 19.1 Å². The lowest BCUT2D eigenvalue weighted by Crippen LogP contribution is -2.07. The summed E-state index contributed by atoms with van der Waals surface area (Å²) in [4.78, 5) is 4.12. The monoisotopic (exact) mass is 196 g/mol. The summed E-state index contributed by atoms with van der Waals surface area (Å²) in [6.45, 7) is 4.05. The predicted molar refractivity (Wildman–Crippen MR) is 55.8 cm³/mol. The van der Waals surface area contributed by atoms with E-state index in [-0.39, 0.29) is 0 Å². The SMILES string of the molecule is CCOc1ccc(NCCOC)cn1. The normalized spacial score (nSPS) is 9.86. The minimum Gasteiger partial charge on any atom is -0.478 e. The number of nitrogens with zero attached hydrogens (tertiary/aromatic N) is 1. The molecule has 0 saturated heterocycles. The van der Waals surface area contributed by atoms with Gasteiger partial charge in [0.2, 0.25) is 5.88 Å². The average Bonchev–Trinajstić information content (AvgIpc) is 2.21. The first kappa shape index (κ1) is 10.8. The van der Waals surface area contributed by atoms with Crippen LogP contribution in [0.5, 0.6) is 5.88 Å². The Balaban J connectivity index is 2.38. The Bertz CT molecular complexity index is 249. The topological polar surface area (TPSA) is 43.4 Å². The molecular weight excluding hydrogens is 180 g/mol. The molecule has 0 radical (unpaired) electrons. The maximum Gasteiger partial charge on any atom is 0.213 e. The lowest BCUT2D eigenvalue weighted by atomic mass is 10.4. The van der Waals surface area contributed by atoms with E-state index < -0.39 is 0 Å². The third-order valence-electron chi connectivity index (χ3n) is 1.66. The smallest absolute Gasteiger partial charge is 0.213 e. The summed E-state index contributed by atoms with van der Waals surface area (Å²) in [6, 6.07) is 3.78. The van der Waals surface area contributed by atoms with Crippen molar-refractivity contribution in [3.05, 3.63) is 18.3 Å². The standard InChI is InChI=1S/C10H16N2O2/c1-3-14-10-5-4-9(8-12-10)11-6-7-13-2/h4-5,8,11H,3,6-7H2,1-2H3. The van der Waals surface area contributed by atoms with Crippen LogP contribution >= 0.6 is 0 Å². The van der Waals surface area contributed by atoms with E-state index in [9.17, 15) is 0 Å². The molecule has 0 saturated carbocycles. The fourth-order valence-electron chi connectivity index (χ4n) is 1.02. The molecule has 4 heteroatoms. The Kier molecular flexibility index (Phi) is 4.78. The first-order valence-corrected chi connectivity index (χ1v) is 4.68. The average molecular weight is 196 g/mol. The second kappa shape index (κ2) is 6.21. The zero-order valence-corrected chi connectivity index (χ0v) is 8.62.